The van der Waals surface area contributed by atoms with Crippen molar-refractivity contribution in [3.8, 4) is 0 Å². The average Bonchev–Trinajstić information content (AvgIpc) is 3.00. The monoisotopic (exact) mass is 335 g/mol. The Morgan fingerprint density at radius 1 is 1.09 bits per heavy atom. The Labute approximate surface area is 136 Å². The summed E-state index contributed by atoms with van der Waals surface area (Å²) < 4.78 is 0. The number of fused-ring (bicyclic) bond motifs is 1. The fourth-order valence-corrected chi connectivity index (χ4v) is 4.33. The second kappa shape index (κ2) is 6.58. The number of aryl methyl sites for hydroxylation is 2. The standard InChI is InChI=1S/C15H17N3O2S2/c1-9(19)16-13-8-7-12(21-13)14(20)18-15-17-10-5-3-2-4-6-11(10)22-15/h7-8H,2-6H2,1H3,(H,16,19)(H,17,18,20). The van der Waals surface area contributed by atoms with Gasteiger partial charge in [-0.15, -0.1) is 22.7 Å². The minimum Gasteiger partial charge on any atom is -0.318 e. The molecular weight excluding hydrogens is 318 g/mol. The first-order chi connectivity index (χ1) is 10.6. The number of carbonyl (C=O) groups is 2. The number of rotatable bonds is 3. The molecule has 116 valence electrons. The smallest absolute Gasteiger partial charge is 0.267 e. The summed E-state index contributed by atoms with van der Waals surface area (Å²) >= 11 is 2.84. The van der Waals surface area contributed by atoms with Gasteiger partial charge in [0, 0.05) is 11.8 Å². The first-order valence-electron chi connectivity index (χ1n) is 7.29. The van der Waals surface area contributed by atoms with E-state index >= 15 is 0 Å². The normalized spacial score (nSPS) is 14.0. The van der Waals surface area contributed by atoms with Crippen LogP contribution in [-0.2, 0) is 17.6 Å². The molecule has 0 atom stereocenters. The molecule has 2 amide bonds. The average molecular weight is 335 g/mol. The first-order valence-corrected chi connectivity index (χ1v) is 8.92. The Bertz CT molecular complexity index is 682. The lowest BCUT2D eigenvalue weighted by Crippen LogP contribution is -2.10. The van der Waals surface area contributed by atoms with Crippen LogP contribution in [0.5, 0.6) is 0 Å². The summed E-state index contributed by atoms with van der Waals surface area (Å²) in [5, 5.41) is 6.89. The minimum atomic E-state index is -0.175. The number of hydrogen-bond acceptors (Lipinski definition) is 5. The van der Waals surface area contributed by atoms with E-state index in [2.05, 4.69) is 15.6 Å². The van der Waals surface area contributed by atoms with E-state index in [9.17, 15) is 9.59 Å². The Hall–Kier alpha value is -1.73. The van der Waals surface area contributed by atoms with Gasteiger partial charge in [-0.25, -0.2) is 4.98 Å². The van der Waals surface area contributed by atoms with E-state index in [1.165, 1.54) is 42.4 Å². The summed E-state index contributed by atoms with van der Waals surface area (Å²) in [6.07, 6.45) is 5.70. The summed E-state index contributed by atoms with van der Waals surface area (Å²) in [6, 6.07) is 3.45. The Balaban J connectivity index is 1.69. The Morgan fingerprint density at radius 3 is 2.73 bits per heavy atom. The number of nitrogens with zero attached hydrogens (tertiary/aromatic N) is 1. The van der Waals surface area contributed by atoms with Gasteiger partial charge in [0.25, 0.3) is 5.91 Å². The van der Waals surface area contributed by atoms with Crippen LogP contribution in [0.2, 0.25) is 0 Å². The SMILES string of the molecule is CC(=O)Nc1ccc(C(=O)Nc2nc3c(s2)CCCCC3)s1. The van der Waals surface area contributed by atoms with Crippen LogP contribution in [-0.4, -0.2) is 16.8 Å². The summed E-state index contributed by atoms with van der Waals surface area (Å²) in [7, 11) is 0. The molecule has 1 aliphatic carbocycles. The highest BCUT2D eigenvalue weighted by Gasteiger charge is 2.17. The predicted molar refractivity (Wildman–Crippen MR) is 89.9 cm³/mol. The zero-order valence-electron chi connectivity index (χ0n) is 12.3. The molecule has 0 saturated heterocycles. The van der Waals surface area contributed by atoms with E-state index < -0.39 is 0 Å². The van der Waals surface area contributed by atoms with Crippen LogP contribution >= 0.6 is 22.7 Å². The molecule has 0 aromatic carbocycles. The highest BCUT2D eigenvalue weighted by atomic mass is 32.1. The third-order valence-electron chi connectivity index (χ3n) is 3.45. The van der Waals surface area contributed by atoms with Gasteiger partial charge in [0.15, 0.2) is 5.13 Å². The number of aromatic nitrogens is 1. The second-order valence-corrected chi connectivity index (χ2v) is 7.42. The summed E-state index contributed by atoms with van der Waals surface area (Å²) in [5.74, 6) is -0.317. The third kappa shape index (κ3) is 3.53. The van der Waals surface area contributed by atoms with Gasteiger partial charge >= 0.3 is 0 Å². The molecule has 0 radical (unpaired) electrons. The van der Waals surface area contributed by atoms with E-state index in [0.29, 0.717) is 15.0 Å². The lowest BCUT2D eigenvalue weighted by molar-refractivity contribution is -0.114. The van der Waals surface area contributed by atoms with Gasteiger partial charge in [-0.05, 0) is 37.8 Å². The molecule has 2 heterocycles. The van der Waals surface area contributed by atoms with Gasteiger partial charge in [0.2, 0.25) is 5.91 Å². The van der Waals surface area contributed by atoms with Crippen LogP contribution < -0.4 is 10.6 Å². The van der Waals surface area contributed by atoms with Crippen LogP contribution in [0, 0.1) is 0 Å². The number of thiazole rings is 1. The van der Waals surface area contributed by atoms with Crippen LogP contribution in [0.4, 0.5) is 10.1 Å². The molecule has 0 bridgehead atoms. The van der Waals surface area contributed by atoms with Gasteiger partial charge in [0.05, 0.1) is 15.6 Å². The molecule has 2 aromatic rings. The Morgan fingerprint density at radius 2 is 1.91 bits per heavy atom. The molecule has 0 saturated carbocycles. The van der Waals surface area contributed by atoms with Crippen molar-refractivity contribution in [2.45, 2.75) is 39.0 Å². The van der Waals surface area contributed by atoms with E-state index in [1.54, 1.807) is 23.5 Å². The fraction of sp³-hybridized carbons (Fsp3) is 0.400. The van der Waals surface area contributed by atoms with Gasteiger partial charge in [-0.1, -0.05) is 6.42 Å². The van der Waals surface area contributed by atoms with E-state index in [-0.39, 0.29) is 11.8 Å². The number of anilines is 2. The highest BCUT2D eigenvalue weighted by Crippen LogP contribution is 2.30. The molecule has 5 nitrogen and oxygen atoms in total. The topological polar surface area (TPSA) is 71.1 Å². The molecule has 2 N–H and O–H groups in total. The molecule has 22 heavy (non-hydrogen) atoms. The largest absolute Gasteiger partial charge is 0.318 e. The molecule has 0 unspecified atom stereocenters. The van der Waals surface area contributed by atoms with Crippen LogP contribution in [0.15, 0.2) is 12.1 Å². The molecular formula is C15H17N3O2S2. The van der Waals surface area contributed by atoms with Crippen molar-refractivity contribution in [1.29, 1.82) is 0 Å². The fourth-order valence-electron chi connectivity index (χ4n) is 2.44. The molecule has 2 aromatic heterocycles. The maximum absolute atomic E-state index is 12.2. The molecule has 0 fully saturated rings. The molecule has 1 aliphatic rings. The highest BCUT2D eigenvalue weighted by molar-refractivity contribution is 7.18. The zero-order chi connectivity index (χ0) is 15.5. The van der Waals surface area contributed by atoms with Gasteiger partial charge in [-0.3, -0.25) is 14.9 Å². The van der Waals surface area contributed by atoms with Crippen molar-refractivity contribution in [3.63, 3.8) is 0 Å². The number of hydrogen-bond donors (Lipinski definition) is 2. The zero-order valence-corrected chi connectivity index (χ0v) is 13.9. The lowest BCUT2D eigenvalue weighted by Gasteiger charge is -1.99. The van der Waals surface area contributed by atoms with Crippen molar-refractivity contribution >= 4 is 44.6 Å². The van der Waals surface area contributed by atoms with Crippen molar-refractivity contribution in [2.75, 3.05) is 10.6 Å². The van der Waals surface area contributed by atoms with E-state index in [4.69, 9.17) is 0 Å². The second-order valence-electron chi connectivity index (χ2n) is 5.25. The Kier molecular flexibility index (Phi) is 4.54. The van der Waals surface area contributed by atoms with Crippen molar-refractivity contribution in [1.82, 2.24) is 4.98 Å². The van der Waals surface area contributed by atoms with Gasteiger partial charge in [-0.2, -0.15) is 0 Å². The van der Waals surface area contributed by atoms with Crippen LogP contribution in [0.3, 0.4) is 0 Å². The van der Waals surface area contributed by atoms with Crippen LogP contribution in [0.25, 0.3) is 0 Å². The van der Waals surface area contributed by atoms with E-state index in [1.807, 2.05) is 0 Å². The van der Waals surface area contributed by atoms with Crippen molar-refractivity contribution in [2.24, 2.45) is 0 Å². The molecule has 0 aliphatic heterocycles. The summed E-state index contributed by atoms with van der Waals surface area (Å²) in [4.78, 5) is 29.7. The number of nitrogens with one attached hydrogen (secondary N) is 2. The predicted octanol–water partition coefficient (Wildman–Crippen LogP) is 3.68. The van der Waals surface area contributed by atoms with Crippen molar-refractivity contribution < 1.29 is 9.59 Å². The number of amides is 2. The maximum Gasteiger partial charge on any atom is 0.267 e. The summed E-state index contributed by atoms with van der Waals surface area (Å²) in [6.45, 7) is 1.45. The third-order valence-corrected chi connectivity index (χ3v) is 5.52. The lowest BCUT2D eigenvalue weighted by atomic mass is 10.2. The number of thiophene rings is 1. The summed E-state index contributed by atoms with van der Waals surface area (Å²) in [5.41, 5.74) is 1.14. The van der Waals surface area contributed by atoms with Gasteiger partial charge in [0.1, 0.15) is 0 Å². The quantitative estimate of drug-likeness (QED) is 0.841. The maximum atomic E-state index is 12.2. The van der Waals surface area contributed by atoms with Crippen LogP contribution in [0.1, 0.15) is 46.4 Å². The molecule has 7 heteroatoms. The van der Waals surface area contributed by atoms with Crippen molar-refractivity contribution in [3.05, 3.63) is 27.6 Å². The molecule has 3 rings (SSSR count). The van der Waals surface area contributed by atoms with E-state index in [0.717, 1.165) is 18.5 Å². The number of carbonyl (C=O) groups excluding carboxylic acids is 2. The minimum absolute atomic E-state index is 0.141. The first kappa shape index (κ1) is 15.2. The molecule has 0 spiro atoms. The van der Waals surface area contributed by atoms with Gasteiger partial charge < -0.3 is 5.32 Å².